The molecule has 134 valence electrons. The molecule has 0 fully saturated rings. The lowest BCUT2D eigenvalue weighted by molar-refractivity contribution is 0.0526. The van der Waals surface area contributed by atoms with Crippen molar-refractivity contribution in [2.24, 2.45) is 0 Å². The van der Waals surface area contributed by atoms with E-state index in [4.69, 9.17) is 4.74 Å². The molecule has 0 aliphatic carbocycles. The largest absolute Gasteiger partial charge is 0.462 e. The van der Waals surface area contributed by atoms with Crippen LogP contribution < -0.4 is 0 Å². The van der Waals surface area contributed by atoms with Crippen LogP contribution in [-0.2, 0) is 21.3 Å². The fourth-order valence-electron chi connectivity index (χ4n) is 2.13. The third-order valence-corrected chi connectivity index (χ3v) is 5.30. The van der Waals surface area contributed by atoms with Crippen molar-refractivity contribution in [1.29, 1.82) is 0 Å². The van der Waals surface area contributed by atoms with Gasteiger partial charge >= 0.3 is 5.97 Å². The number of hydrogen-bond donors (Lipinski definition) is 0. The van der Waals surface area contributed by atoms with Gasteiger partial charge in [0.25, 0.3) is 0 Å². The Kier molecular flexibility index (Phi) is 5.86. The van der Waals surface area contributed by atoms with Gasteiger partial charge in [0.15, 0.2) is 0 Å². The number of ether oxygens (including phenoxy) is 1. The first-order valence-electron chi connectivity index (χ1n) is 7.43. The number of halogens is 2. The minimum Gasteiger partial charge on any atom is -0.462 e. The first-order chi connectivity index (χ1) is 11.8. The summed E-state index contributed by atoms with van der Waals surface area (Å²) in [6, 6.07) is 8.20. The molecule has 0 unspecified atom stereocenters. The van der Waals surface area contributed by atoms with Gasteiger partial charge in [-0.1, -0.05) is 6.07 Å². The zero-order valence-corrected chi connectivity index (χ0v) is 14.5. The van der Waals surface area contributed by atoms with Gasteiger partial charge in [0.05, 0.1) is 17.1 Å². The molecule has 0 heterocycles. The molecule has 8 heteroatoms. The van der Waals surface area contributed by atoms with Crippen molar-refractivity contribution in [3.63, 3.8) is 0 Å². The van der Waals surface area contributed by atoms with Gasteiger partial charge in [-0.3, -0.25) is 0 Å². The zero-order valence-electron chi connectivity index (χ0n) is 13.7. The maximum absolute atomic E-state index is 13.7. The highest BCUT2D eigenvalue weighted by Crippen LogP contribution is 2.19. The average Bonchev–Trinajstić information content (AvgIpc) is 2.57. The summed E-state index contributed by atoms with van der Waals surface area (Å²) >= 11 is 0. The maximum Gasteiger partial charge on any atom is 0.338 e. The molecule has 0 radical (unpaired) electrons. The fraction of sp³-hybridized carbons (Fsp3) is 0.235. The smallest absolute Gasteiger partial charge is 0.338 e. The van der Waals surface area contributed by atoms with Gasteiger partial charge in [0.1, 0.15) is 11.6 Å². The van der Waals surface area contributed by atoms with Gasteiger partial charge in [0.2, 0.25) is 10.0 Å². The molecule has 2 aromatic rings. The van der Waals surface area contributed by atoms with Gasteiger partial charge in [-0.2, -0.15) is 4.31 Å². The molecule has 0 saturated carbocycles. The number of rotatable bonds is 6. The van der Waals surface area contributed by atoms with Crippen LogP contribution in [0.5, 0.6) is 0 Å². The normalized spacial score (nSPS) is 11.6. The van der Waals surface area contributed by atoms with Crippen LogP contribution in [0.2, 0.25) is 0 Å². The highest BCUT2D eigenvalue weighted by molar-refractivity contribution is 7.89. The van der Waals surface area contributed by atoms with E-state index in [1.54, 1.807) is 6.92 Å². The lowest BCUT2D eigenvalue weighted by Gasteiger charge is -2.18. The predicted molar refractivity (Wildman–Crippen MR) is 87.4 cm³/mol. The molecule has 0 spiro atoms. The standard InChI is InChI=1S/C17H17F2NO4S/c1-3-24-17(21)12-5-8-15(9-6-12)25(22,23)20(2)11-13-4-7-14(18)10-16(13)19/h4-10H,3,11H2,1-2H3. The van der Waals surface area contributed by atoms with Crippen LogP contribution in [0.25, 0.3) is 0 Å². The van der Waals surface area contributed by atoms with Gasteiger partial charge in [-0.25, -0.2) is 22.0 Å². The molecule has 0 bridgehead atoms. The van der Waals surface area contributed by atoms with E-state index in [0.717, 1.165) is 10.4 Å². The highest BCUT2D eigenvalue weighted by Gasteiger charge is 2.22. The van der Waals surface area contributed by atoms with E-state index in [1.165, 1.54) is 37.4 Å². The van der Waals surface area contributed by atoms with Crippen molar-refractivity contribution in [1.82, 2.24) is 4.31 Å². The SMILES string of the molecule is CCOC(=O)c1ccc(S(=O)(=O)N(C)Cc2ccc(F)cc2F)cc1. The summed E-state index contributed by atoms with van der Waals surface area (Å²) in [5.41, 5.74) is 0.281. The Labute approximate surface area is 144 Å². The second-order valence-electron chi connectivity index (χ2n) is 5.24. The lowest BCUT2D eigenvalue weighted by atomic mass is 10.2. The number of carbonyl (C=O) groups excluding carboxylic acids is 1. The van der Waals surface area contributed by atoms with Crippen LogP contribution in [0, 0.1) is 11.6 Å². The van der Waals surface area contributed by atoms with Crippen LogP contribution in [0.4, 0.5) is 8.78 Å². The molecule has 25 heavy (non-hydrogen) atoms. The summed E-state index contributed by atoms with van der Waals surface area (Å²) in [6.45, 7) is 1.62. The molecule has 0 N–H and O–H groups in total. The number of esters is 1. The van der Waals surface area contributed by atoms with Gasteiger partial charge < -0.3 is 4.74 Å². The number of hydrogen-bond acceptors (Lipinski definition) is 4. The van der Waals surface area contributed by atoms with Crippen LogP contribution in [0.1, 0.15) is 22.8 Å². The van der Waals surface area contributed by atoms with E-state index in [2.05, 4.69) is 0 Å². The number of nitrogens with zero attached hydrogens (tertiary/aromatic N) is 1. The summed E-state index contributed by atoms with van der Waals surface area (Å²) < 4.78 is 57.5. The molecule has 2 rings (SSSR count). The molecule has 5 nitrogen and oxygen atoms in total. The monoisotopic (exact) mass is 369 g/mol. The summed E-state index contributed by atoms with van der Waals surface area (Å²) in [4.78, 5) is 11.5. The van der Waals surface area contributed by atoms with Crippen LogP contribution >= 0.6 is 0 Å². The Balaban J connectivity index is 2.20. The topological polar surface area (TPSA) is 63.7 Å². The number of benzene rings is 2. The molecule has 0 amide bonds. The van der Waals surface area contributed by atoms with E-state index >= 15 is 0 Å². The molecule has 2 aromatic carbocycles. The number of sulfonamides is 1. The summed E-state index contributed by atoms with van der Waals surface area (Å²) in [6.07, 6.45) is 0. The van der Waals surface area contributed by atoms with E-state index in [-0.39, 0.29) is 29.2 Å². The Morgan fingerprint density at radius 1 is 1.12 bits per heavy atom. The van der Waals surface area contributed by atoms with Crippen molar-refractivity contribution in [2.75, 3.05) is 13.7 Å². The second kappa shape index (κ2) is 7.71. The minimum absolute atomic E-state index is 0.0504. The molecular formula is C17H17F2NO4S. The highest BCUT2D eigenvalue weighted by atomic mass is 32.2. The second-order valence-corrected chi connectivity index (χ2v) is 7.29. The van der Waals surface area contributed by atoms with Crippen molar-refractivity contribution in [3.8, 4) is 0 Å². The molecule has 0 aliphatic heterocycles. The van der Waals surface area contributed by atoms with Crippen LogP contribution in [0.3, 0.4) is 0 Å². The zero-order chi connectivity index (χ0) is 18.6. The molecule has 0 saturated heterocycles. The van der Waals surface area contributed by atoms with Crippen molar-refractivity contribution < 1.29 is 26.7 Å². The summed E-state index contributed by atoms with van der Waals surface area (Å²) in [5, 5.41) is 0. The first-order valence-corrected chi connectivity index (χ1v) is 8.87. The van der Waals surface area contributed by atoms with Gasteiger partial charge in [-0.05, 0) is 37.3 Å². The Bertz CT molecular complexity index is 867. The Morgan fingerprint density at radius 3 is 2.32 bits per heavy atom. The quantitative estimate of drug-likeness (QED) is 0.735. The Morgan fingerprint density at radius 2 is 1.76 bits per heavy atom. The molecule has 0 aromatic heterocycles. The first kappa shape index (κ1) is 19.0. The van der Waals surface area contributed by atoms with Crippen LogP contribution in [0.15, 0.2) is 47.4 Å². The average molecular weight is 369 g/mol. The third-order valence-electron chi connectivity index (χ3n) is 3.48. The minimum atomic E-state index is -3.90. The van der Waals surface area contributed by atoms with Crippen LogP contribution in [-0.4, -0.2) is 32.3 Å². The lowest BCUT2D eigenvalue weighted by Crippen LogP contribution is -2.27. The maximum atomic E-state index is 13.7. The fourth-order valence-corrected chi connectivity index (χ4v) is 3.28. The molecule has 0 atom stereocenters. The van der Waals surface area contributed by atoms with Crippen molar-refractivity contribution >= 4 is 16.0 Å². The van der Waals surface area contributed by atoms with E-state index in [1.807, 2.05) is 0 Å². The van der Waals surface area contributed by atoms with Crippen molar-refractivity contribution in [2.45, 2.75) is 18.4 Å². The Hall–Kier alpha value is -2.32. The molecular weight excluding hydrogens is 352 g/mol. The van der Waals surface area contributed by atoms with E-state index < -0.39 is 27.6 Å². The van der Waals surface area contributed by atoms with Crippen molar-refractivity contribution in [3.05, 3.63) is 65.2 Å². The third kappa shape index (κ3) is 4.40. The van der Waals surface area contributed by atoms with E-state index in [0.29, 0.717) is 6.07 Å². The summed E-state index contributed by atoms with van der Waals surface area (Å²) in [7, 11) is -2.61. The number of carbonyl (C=O) groups is 1. The van der Waals surface area contributed by atoms with Gasteiger partial charge in [0, 0.05) is 25.2 Å². The van der Waals surface area contributed by atoms with E-state index in [9.17, 15) is 22.0 Å². The summed E-state index contributed by atoms with van der Waals surface area (Å²) in [5.74, 6) is -2.10. The molecule has 0 aliphatic rings. The van der Waals surface area contributed by atoms with Gasteiger partial charge in [-0.15, -0.1) is 0 Å². The predicted octanol–water partition coefficient (Wildman–Crippen LogP) is 2.96.